The van der Waals surface area contributed by atoms with Crippen molar-refractivity contribution in [2.45, 2.75) is 59.9 Å². The molecule has 0 saturated heterocycles. The Morgan fingerprint density at radius 3 is 2.29 bits per heavy atom. The molecule has 1 unspecified atom stereocenters. The third kappa shape index (κ3) is 5.71. The lowest BCUT2D eigenvalue weighted by Crippen LogP contribution is -2.38. The molecule has 0 aliphatic heterocycles. The van der Waals surface area contributed by atoms with Crippen LogP contribution in [0.2, 0.25) is 0 Å². The first-order valence-electron chi connectivity index (χ1n) is 10.6. The molecule has 34 heavy (non-hydrogen) atoms. The topological polar surface area (TPSA) is 121 Å². The van der Waals surface area contributed by atoms with Gasteiger partial charge < -0.3 is 25.1 Å². The van der Waals surface area contributed by atoms with Gasteiger partial charge in [-0.05, 0) is 39.8 Å². The average Bonchev–Trinajstić information content (AvgIpc) is 3.15. The molecule has 1 aromatic carbocycles. The molecule has 186 valence electrons. The van der Waals surface area contributed by atoms with E-state index in [9.17, 15) is 18.7 Å². The number of amides is 1. The van der Waals surface area contributed by atoms with E-state index in [1.165, 1.54) is 30.0 Å². The number of ether oxygens (including phenoxy) is 3. The van der Waals surface area contributed by atoms with Crippen molar-refractivity contribution in [3.8, 4) is 28.5 Å². The maximum atomic E-state index is 12.9. The number of halogens is 2. The van der Waals surface area contributed by atoms with Crippen LogP contribution in [0.3, 0.4) is 0 Å². The molecule has 3 rings (SSSR count). The predicted molar refractivity (Wildman–Crippen MR) is 123 cm³/mol. The number of hydrogen-bond donors (Lipinski definition) is 2. The van der Waals surface area contributed by atoms with Crippen LogP contribution < -0.4 is 19.9 Å². The quantitative estimate of drug-likeness (QED) is 0.500. The van der Waals surface area contributed by atoms with Crippen molar-refractivity contribution in [1.82, 2.24) is 14.6 Å². The molecule has 0 bridgehead atoms. The van der Waals surface area contributed by atoms with E-state index in [1.807, 2.05) is 13.8 Å². The van der Waals surface area contributed by atoms with E-state index in [1.54, 1.807) is 33.8 Å². The molecule has 9 nitrogen and oxygen atoms in total. The zero-order chi connectivity index (χ0) is 25.8. The molecule has 1 atom stereocenters. The van der Waals surface area contributed by atoms with Crippen LogP contribution in [0.4, 0.5) is 8.78 Å². The molecule has 3 N–H and O–H groups in total. The Bertz CT molecular complexity index is 1160. The smallest absolute Gasteiger partial charge is 0.387 e. The number of carbonyl (C=O) groups excluding carboxylic acids is 1. The molecule has 11 heteroatoms. The van der Waals surface area contributed by atoms with Crippen LogP contribution in [0, 0.1) is 6.92 Å². The van der Waals surface area contributed by atoms with Gasteiger partial charge in [-0.2, -0.15) is 13.9 Å². The number of nitrogens with zero attached hydrogens (tertiary/aromatic N) is 3. The highest BCUT2D eigenvalue weighted by Gasteiger charge is 2.26. The fourth-order valence-corrected chi connectivity index (χ4v) is 2.97. The molecule has 0 fully saturated rings. The number of methoxy groups -OCH3 is 1. The van der Waals surface area contributed by atoms with Crippen LogP contribution in [-0.2, 0) is 0 Å². The minimum Gasteiger partial charge on any atom is -0.496 e. The van der Waals surface area contributed by atoms with Crippen molar-refractivity contribution in [2.75, 3.05) is 7.11 Å². The van der Waals surface area contributed by atoms with Gasteiger partial charge in [0, 0.05) is 11.6 Å². The largest absolute Gasteiger partial charge is 0.496 e. The lowest BCUT2D eigenvalue weighted by Gasteiger charge is -2.27. The minimum atomic E-state index is -3.17. The third-order valence-electron chi connectivity index (χ3n) is 4.97. The van der Waals surface area contributed by atoms with Gasteiger partial charge in [0.1, 0.15) is 34.6 Å². The van der Waals surface area contributed by atoms with E-state index in [-0.39, 0.29) is 11.3 Å². The zero-order valence-corrected chi connectivity index (χ0v) is 20.2. The Hall–Kier alpha value is -3.47. The van der Waals surface area contributed by atoms with E-state index in [0.29, 0.717) is 28.3 Å². The Morgan fingerprint density at radius 1 is 1.15 bits per heavy atom. The molecule has 3 aromatic rings. The molecule has 0 radical (unpaired) electrons. The minimum absolute atomic E-state index is 0.0312. The summed E-state index contributed by atoms with van der Waals surface area (Å²) in [5.74, 6) is -0.990. The summed E-state index contributed by atoms with van der Waals surface area (Å²) in [6.45, 7) is 7.55. The number of carbonyl (C=O) groups is 1. The van der Waals surface area contributed by atoms with Gasteiger partial charge in [0.05, 0.1) is 24.6 Å². The fraction of sp³-hybridized carbons (Fsp3) is 0.435. The second-order valence-corrected chi connectivity index (χ2v) is 7.72. The van der Waals surface area contributed by atoms with Gasteiger partial charge in [0.2, 0.25) is 0 Å². The second kappa shape index (κ2) is 10.6. The van der Waals surface area contributed by atoms with Crippen molar-refractivity contribution in [3.05, 3.63) is 35.7 Å². The number of primary amides is 1. The summed E-state index contributed by atoms with van der Waals surface area (Å²) >= 11 is 0. The lowest BCUT2D eigenvalue weighted by molar-refractivity contribution is -0.0502. The van der Waals surface area contributed by atoms with Crippen molar-refractivity contribution in [2.24, 2.45) is 5.73 Å². The van der Waals surface area contributed by atoms with Gasteiger partial charge in [0.15, 0.2) is 5.65 Å². The van der Waals surface area contributed by atoms with E-state index in [4.69, 9.17) is 15.2 Å². The molecule has 2 heterocycles. The summed E-state index contributed by atoms with van der Waals surface area (Å²) in [7, 11) is 1.28. The highest BCUT2D eigenvalue weighted by molar-refractivity contribution is 5.99. The van der Waals surface area contributed by atoms with Crippen molar-refractivity contribution >= 4 is 11.6 Å². The van der Waals surface area contributed by atoms with E-state index >= 15 is 0 Å². The van der Waals surface area contributed by atoms with Gasteiger partial charge in [-0.1, -0.05) is 13.8 Å². The van der Waals surface area contributed by atoms with Gasteiger partial charge in [-0.3, -0.25) is 4.79 Å². The van der Waals surface area contributed by atoms with Crippen LogP contribution in [0.15, 0.2) is 24.4 Å². The summed E-state index contributed by atoms with van der Waals surface area (Å²) in [6.07, 6.45) is 0.968. The first kappa shape index (κ1) is 26.8. The van der Waals surface area contributed by atoms with Crippen LogP contribution in [-0.4, -0.2) is 51.0 Å². The molecule has 0 saturated carbocycles. The number of benzene rings is 1. The molecule has 0 spiro atoms. The summed E-state index contributed by atoms with van der Waals surface area (Å²) in [5.41, 5.74) is 5.67. The highest BCUT2D eigenvalue weighted by atomic mass is 19.3. The van der Waals surface area contributed by atoms with Crippen molar-refractivity contribution in [1.29, 1.82) is 0 Å². The number of aromatic nitrogens is 3. The molecule has 1 amide bonds. The lowest BCUT2D eigenvalue weighted by atomic mass is 10.0. The number of nitrogens with two attached hydrogens (primary N) is 1. The van der Waals surface area contributed by atoms with Gasteiger partial charge in [-0.25, -0.2) is 9.50 Å². The maximum Gasteiger partial charge on any atom is 0.387 e. The number of aliphatic hydroxyl groups is 1. The van der Waals surface area contributed by atoms with Crippen LogP contribution in [0.5, 0.6) is 17.2 Å². The number of imidazole rings is 1. The van der Waals surface area contributed by atoms with Gasteiger partial charge in [-0.15, -0.1) is 0 Å². The first-order valence-corrected chi connectivity index (χ1v) is 10.6. The van der Waals surface area contributed by atoms with E-state index < -0.39 is 30.0 Å². The fourth-order valence-electron chi connectivity index (χ4n) is 2.97. The Balaban J connectivity index is 0.00000199. The number of alkyl halides is 2. The summed E-state index contributed by atoms with van der Waals surface area (Å²) in [5, 5.41) is 14.6. The Kier molecular flexibility index (Phi) is 8.38. The standard InChI is InChI=1S/C21H24F2N4O5.C2H6/c1-10-14(31-11(2)21(3,4)29)8-17-25-9-13(27(17)26-10)12-6-15(30-5)18(19(24)28)16(7-12)32-20(22)23;1-2/h6-9,11,20,29H,1-5H3,(H2,24,28);1-2H3. The van der Waals surface area contributed by atoms with E-state index in [2.05, 4.69) is 14.8 Å². The van der Waals surface area contributed by atoms with Gasteiger partial charge in [0.25, 0.3) is 5.91 Å². The molecule has 2 aromatic heterocycles. The maximum absolute atomic E-state index is 12.9. The second-order valence-electron chi connectivity index (χ2n) is 7.72. The van der Waals surface area contributed by atoms with Crippen molar-refractivity contribution in [3.63, 3.8) is 0 Å². The normalized spacial score (nSPS) is 12.2. The summed E-state index contributed by atoms with van der Waals surface area (Å²) < 4.78 is 42.9. The van der Waals surface area contributed by atoms with Crippen LogP contribution in [0.25, 0.3) is 16.9 Å². The predicted octanol–water partition coefficient (Wildman–Crippen LogP) is 3.98. The number of hydrogen-bond acceptors (Lipinski definition) is 7. The molecular weight excluding hydrogens is 450 g/mol. The Labute approximate surface area is 196 Å². The van der Waals surface area contributed by atoms with Crippen LogP contribution in [0.1, 0.15) is 50.7 Å². The number of fused-ring (bicyclic) bond motifs is 1. The number of aryl methyl sites for hydroxylation is 1. The third-order valence-corrected chi connectivity index (χ3v) is 4.97. The molecular formula is C23H30F2N4O5. The highest BCUT2D eigenvalue weighted by Crippen LogP contribution is 2.36. The monoisotopic (exact) mass is 480 g/mol. The molecule has 0 aliphatic carbocycles. The average molecular weight is 481 g/mol. The molecule has 0 aliphatic rings. The Morgan fingerprint density at radius 2 is 1.76 bits per heavy atom. The summed E-state index contributed by atoms with van der Waals surface area (Å²) in [6, 6.07) is 4.36. The SMILES string of the molecule is CC.COc1cc(-c2cnc3cc(OC(C)C(C)(C)O)c(C)nn23)cc(OC(F)F)c1C(N)=O. The zero-order valence-electron chi connectivity index (χ0n) is 20.2. The summed E-state index contributed by atoms with van der Waals surface area (Å²) in [4.78, 5) is 16.1. The van der Waals surface area contributed by atoms with E-state index in [0.717, 1.165) is 0 Å². The van der Waals surface area contributed by atoms with Gasteiger partial charge >= 0.3 is 6.61 Å². The van der Waals surface area contributed by atoms with Crippen LogP contribution >= 0.6 is 0 Å². The number of rotatable bonds is 8. The first-order chi connectivity index (χ1) is 15.9. The van der Waals surface area contributed by atoms with Crippen molar-refractivity contribution < 1.29 is 32.9 Å².